The lowest BCUT2D eigenvalue weighted by molar-refractivity contribution is -0.183. The van der Waals surface area contributed by atoms with Gasteiger partial charge in [-0.15, -0.1) is 0 Å². The molecule has 1 rings (SSSR count). The van der Waals surface area contributed by atoms with Gasteiger partial charge in [0.1, 0.15) is 0 Å². The molecule has 8 heteroatoms. The summed E-state index contributed by atoms with van der Waals surface area (Å²) < 4.78 is 38.6. The van der Waals surface area contributed by atoms with Crippen molar-refractivity contribution in [3.8, 4) is 0 Å². The minimum absolute atomic E-state index is 0.0385. The Bertz CT molecular complexity index is 424. The molecule has 0 heterocycles. The minimum atomic E-state index is -4.13. The molecule has 2 unspecified atom stereocenters. The van der Waals surface area contributed by atoms with Gasteiger partial charge in [0.2, 0.25) is 5.91 Å². The molecule has 0 aromatic carbocycles. The number of alkyl halides is 3. The van der Waals surface area contributed by atoms with Gasteiger partial charge in [-0.3, -0.25) is 9.79 Å². The predicted octanol–water partition coefficient (Wildman–Crippen LogP) is 2.43. The van der Waals surface area contributed by atoms with E-state index >= 15 is 0 Å². The molecule has 1 fully saturated rings. The second-order valence-electron chi connectivity index (χ2n) is 6.45. The number of amides is 1. The number of rotatable bonds is 6. The van der Waals surface area contributed by atoms with E-state index in [4.69, 9.17) is 0 Å². The van der Waals surface area contributed by atoms with E-state index in [1.807, 2.05) is 20.8 Å². The first kappa shape index (κ1) is 20.6. The molecule has 24 heavy (non-hydrogen) atoms. The van der Waals surface area contributed by atoms with E-state index in [1.165, 1.54) is 0 Å². The molecule has 0 radical (unpaired) electrons. The Balaban J connectivity index is 2.49. The maximum Gasteiger partial charge on any atom is 0.391 e. The SMILES string of the molecule is CCNC(=NCCNC(=O)C(C)C)NC1CCCC(C(F)(F)F)C1. The van der Waals surface area contributed by atoms with Crippen molar-refractivity contribution < 1.29 is 18.0 Å². The van der Waals surface area contributed by atoms with Crippen LogP contribution < -0.4 is 16.0 Å². The lowest BCUT2D eigenvalue weighted by atomic mass is 9.85. The molecule has 1 aliphatic rings. The van der Waals surface area contributed by atoms with Crippen molar-refractivity contribution in [2.24, 2.45) is 16.8 Å². The molecule has 1 amide bonds. The van der Waals surface area contributed by atoms with Crippen LogP contribution in [-0.2, 0) is 4.79 Å². The average Bonchev–Trinajstić information content (AvgIpc) is 2.50. The largest absolute Gasteiger partial charge is 0.391 e. The van der Waals surface area contributed by atoms with Crippen molar-refractivity contribution >= 4 is 11.9 Å². The van der Waals surface area contributed by atoms with Crippen molar-refractivity contribution in [1.82, 2.24) is 16.0 Å². The number of hydrogen-bond donors (Lipinski definition) is 3. The minimum Gasteiger partial charge on any atom is -0.357 e. The summed E-state index contributed by atoms with van der Waals surface area (Å²) in [5.74, 6) is -0.855. The normalized spacial score (nSPS) is 22.4. The quantitative estimate of drug-likeness (QED) is 0.392. The average molecular weight is 350 g/mol. The van der Waals surface area contributed by atoms with E-state index in [2.05, 4.69) is 20.9 Å². The summed E-state index contributed by atoms with van der Waals surface area (Å²) in [6.07, 6.45) is -2.57. The zero-order valence-corrected chi connectivity index (χ0v) is 14.7. The molecular weight excluding hydrogens is 321 g/mol. The third kappa shape index (κ3) is 7.40. The molecule has 1 saturated carbocycles. The molecule has 1 aliphatic carbocycles. The van der Waals surface area contributed by atoms with E-state index in [1.54, 1.807) is 0 Å². The van der Waals surface area contributed by atoms with Crippen LogP contribution in [0.1, 0.15) is 46.5 Å². The van der Waals surface area contributed by atoms with Crippen molar-refractivity contribution in [1.29, 1.82) is 0 Å². The molecular formula is C16H29F3N4O. The van der Waals surface area contributed by atoms with Crippen LogP contribution in [0.2, 0.25) is 0 Å². The van der Waals surface area contributed by atoms with Gasteiger partial charge in [-0.05, 0) is 26.2 Å². The fourth-order valence-electron chi connectivity index (χ4n) is 2.68. The highest BCUT2D eigenvalue weighted by Crippen LogP contribution is 2.37. The van der Waals surface area contributed by atoms with Gasteiger partial charge in [-0.1, -0.05) is 20.3 Å². The lowest BCUT2D eigenvalue weighted by Gasteiger charge is -2.31. The van der Waals surface area contributed by atoms with Gasteiger partial charge >= 0.3 is 6.18 Å². The van der Waals surface area contributed by atoms with Crippen LogP contribution in [0.4, 0.5) is 13.2 Å². The summed E-state index contributed by atoms with van der Waals surface area (Å²) in [6.45, 7) is 6.93. The Morgan fingerprint density at radius 1 is 1.25 bits per heavy atom. The fourth-order valence-corrected chi connectivity index (χ4v) is 2.68. The van der Waals surface area contributed by atoms with E-state index < -0.39 is 12.1 Å². The molecule has 0 spiro atoms. The van der Waals surface area contributed by atoms with Crippen LogP contribution in [0.15, 0.2) is 4.99 Å². The first-order valence-corrected chi connectivity index (χ1v) is 8.63. The highest BCUT2D eigenvalue weighted by molar-refractivity contribution is 5.80. The lowest BCUT2D eigenvalue weighted by Crippen LogP contribution is -2.47. The zero-order chi connectivity index (χ0) is 18.2. The van der Waals surface area contributed by atoms with Gasteiger partial charge in [0.15, 0.2) is 5.96 Å². The standard InChI is InChI=1S/C16H29F3N4O/c1-4-20-15(22-9-8-21-14(24)11(2)3)23-13-7-5-6-12(10-13)16(17,18)19/h11-13H,4-10H2,1-3H3,(H,21,24)(H2,20,22,23). The third-order valence-corrected chi connectivity index (χ3v) is 4.03. The first-order valence-electron chi connectivity index (χ1n) is 8.63. The molecule has 0 bridgehead atoms. The predicted molar refractivity (Wildman–Crippen MR) is 88.8 cm³/mol. The Labute approximate surface area is 141 Å². The Morgan fingerprint density at radius 3 is 2.54 bits per heavy atom. The Kier molecular flexibility index (Phi) is 8.35. The van der Waals surface area contributed by atoms with Crippen molar-refractivity contribution in [3.05, 3.63) is 0 Å². The van der Waals surface area contributed by atoms with Gasteiger partial charge in [-0.2, -0.15) is 13.2 Å². The zero-order valence-electron chi connectivity index (χ0n) is 14.7. The maximum absolute atomic E-state index is 12.9. The highest BCUT2D eigenvalue weighted by Gasteiger charge is 2.42. The van der Waals surface area contributed by atoms with Crippen LogP contribution in [0.3, 0.4) is 0 Å². The van der Waals surface area contributed by atoms with E-state index in [9.17, 15) is 18.0 Å². The first-order chi connectivity index (χ1) is 11.2. The highest BCUT2D eigenvalue weighted by atomic mass is 19.4. The summed E-state index contributed by atoms with van der Waals surface area (Å²) >= 11 is 0. The maximum atomic E-state index is 12.9. The number of halogens is 3. The smallest absolute Gasteiger partial charge is 0.357 e. The van der Waals surface area contributed by atoms with E-state index in [0.717, 1.165) is 0 Å². The summed E-state index contributed by atoms with van der Waals surface area (Å²) in [7, 11) is 0. The molecule has 0 aromatic rings. The van der Waals surface area contributed by atoms with Crippen LogP contribution in [0.25, 0.3) is 0 Å². The number of nitrogens with one attached hydrogen (secondary N) is 3. The third-order valence-electron chi connectivity index (χ3n) is 4.03. The number of carbonyl (C=O) groups is 1. The van der Waals surface area contributed by atoms with Gasteiger partial charge < -0.3 is 16.0 Å². The Hall–Kier alpha value is -1.47. The molecule has 3 N–H and O–H groups in total. The van der Waals surface area contributed by atoms with Crippen molar-refractivity contribution in [2.75, 3.05) is 19.6 Å². The van der Waals surface area contributed by atoms with Gasteiger partial charge in [0.25, 0.3) is 0 Å². The van der Waals surface area contributed by atoms with Gasteiger partial charge in [0, 0.05) is 25.0 Å². The number of nitrogens with zero attached hydrogens (tertiary/aromatic N) is 1. The Morgan fingerprint density at radius 2 is 1.96 bits per heavy atom. The van der Waals surface area contributed by atoms with Gasteiger partial charge in [-0.25, -0.2) is 0 Å². The molecule has 5 nitrogen and oxygen atoms in total. The summed E-state index contributed by atoms with van der Waals surface area (Å²) in [6, 6.07) is -0.228. The van der Waals surface area contributed by atoms with Crippen LogP contribution in [0.5, 0.6) is 0 Å². The molecule has 0 aromatic heterocycles. The van der Waals surface area contributed by atoms with Crippen LogP contribution >= 0.6 is 0 Å². The molecule has 140 valence electrons. The molecule has 2 atom stereocenters. The monoisotopic (exact) mass is 350 g/mol. The topological polar surface area (TPSA) is 65.5 Å². The number of guanidine groups is 1. The van der Waals surface area contributed by atoms with Crippen molar-refractivity contribution in [2.45, 2.75) is 58.7 Å². The van der Waals surface area contributed by atoms with E-state index in [0.29, 0.717) is 38.4 Å². The summed E-state index contributed by atoms with van der Waals surface area (Å²) in [4.78, 5) is 15.8. The van der Waals surface area contributed by atoms with E-state index in [-0.39, 0.29) is 30.7 Å². The number of carbonyl (C=O) groups excluding carboxylic acids is 1. The summed E-state index contributed by atoms with van der Waals surface area (Å²) in [5, 5.41) is 8.90. The van der Waals surface area contributed by atoms with Gasteiger partial charge in [0.05, 0.1) is 12.5 Å². The number of hydrogen-bond acceptors (Lipinski definition) is 2. The second kappa shape index (κ2) is 9.74. The number of aliphatic imine (C=N–C) groups is 1. The summed E-state index contributed by atoms with van der Waals surface area (Å²) in [5.41, 5.74) is 0. The van der Waals surface area contributed by atoms with Crippen LogP contribution in [0, 0.1) is 11.8 Å². The fraction of sp³-hybridized carbons (Fsp3) is 0.875. The van der Waals surface area contributed by atoms with Crippen LogP contribution in [-0.4, -0.2) is 43.7 Å². The molecule has 0 aliphatic heterocycles. The molecule has 0 saturated heterocycles. The van der Waals surface area contributed by atoms with Crippen molar-refractivity contribution in [3.63, 3.8) is 0 Å². The second-order valence-corrected chi connectivity index (χ2v) is 6.45.